The average molecular weight is 220 g/mol. The summed E-state index contributed by atoms with van der Waals surface area (Å²) in [6.45, 7) is 7.48. The van der Waals surface area contributed by atoms with Crippen molar-refractivity contribution in [1.29, 1.82) is 0 Å². The molecule has 0 aromatic heterocycles. The summed E-state index contributed by atoms with van der Waals surface area (Å²) >= 11 is 0. The van der Waals surface area contributed by atoms with Crippen molar-refractivity contribution in [2.75, 3.05) is 13.1 Å². The number of halogens is 1. The van der Waals surface area contributed by atoms with Crippen LogP contribution in [0, 0.1) is 0 Å². The van der Waals surface area contributed by atoms with Gasteiger partial charge in [0.15, 0.2) is 0 Å². The number of quaternary nitrogens is 1. The molecule has 1 aliphatic rings. The van der Waals surface area contributed by atoms with E-state index < -0.39 is 0 Å². The molecule has 0 aromatic carbocycles. The van der Waals surface area contributed by atoms with Crippen molar-refractivity contribution >= 4 is 0 Å². The molecule has 1 rings (SSSR count). The van der Waals surface area contributed by atoms with Crippen molar-refractivity contribution in [3.8, 4) is 0 Å². The molecule has 1 N–H and O–H groups in total. The van der Waals surface area contributed by atoms with Crippen LogP contribution < -0.4 is 17.3 Å². The van der Waals surface area contributed by atoms with Crippen LogP contribution in [-0.4, -0.2) is 19.1 Å². The van der Waals surface area contributed by atoms with Gasteiger partial charge in [0.2, 0.25) is 0 Å². The van der Waals surface area contributed by atoms with Gasteiger partial charge in [0.05, 0.1) is 19.1 Å². The Balaban J connectivity index is 0.00000169. The Morgan fingerprint density at radius 2 is 1.93 bits per heavy atom. The Bertz CT molecular complexity index is 125. The maximum Gasteiger partial charge on any atom is 0.0874 e. The van der Waals surface area contributed by atoms with Gasteiger partial charge in [0.25, 0.3) is 0 Å². The average Bonchev–Trinajstić information content (AvgIpc) is 2.17. The van der Waals surface area contributed by atoms with E-state index in [1.54, 1.807) is 0 Å². The third kappa shape index (κ3) is 4.65. The highest BCUT2D eigenvalue weighted by Crippen LogP contribution is 2.09. The van der Waals surface area contributed by atoms with Gasteiger partial charge in [-0.3, -0.25) is 0 Å². The van der Waals surface area contributed by atoms with Gasteiger partial charge in [0.1, 0.15) is 0 Å². The molecule has 1 heterocycles. The van der Waals surface area contributed by atoms with Crippen LogP contribution in [0.3, 0.4) is 0 Å². The summed E-state index contributed by atoms with van der Waals surface area (Å²) in [6.07, 6.45) is 10.1. The highest BCUT2D eigenvalue weighted by atomic mass is 35.5. The number of nitrogens with one attached hydrogen (secondary N) is 1. The van der Waals surface area contributed by atoms with Gasteiger partial charge in [-0.05, 0) is 38.5 Å². The molecule has 86 valence electrons. The lowest BCUT2D eigenvalue weighted by molar-refractivity contribution is -0.931. The lowest BCUT2D eigenvalue weighted by Gasteiger charge is -2.32. The topological polar surface area (TPSA) is 4.44 Å². The smallest absolute Gasteiger partial charge is 0.0874 e. The minimum Gasteiger partial charge on any atom is -1.00 e. The van der Waals surface area contributed by atoms with Crippen molar-refractivity contribution in [2.45, 2.75) is 64.8 Å². The number of rotatable bonds is 5. The third-order valence-electron chi connectivity index (χ3n) is 3.36. The molecule has 14 heavy (non-hydrogen) atoms. The first kappa shape index (κ1) is 14.2. The predicted octanol–water partition coefficient (Wildman–Crippen LogP) is -0.972. The molecule has 0 radical (unpaired) electrons. The SMILES string of the molecule is CCCCC1CCCC[NH+]1CCC.[Cl-]. The first-order chi connectivity index (χ1) is 6.38. The molecule has 0 bridgehead atoms. The van der Waals surface area contributed by atoms with Crippen LogP contribution in [0.5, 0.6) is 0 Å². The van der Waals surface area contributed by atoms with Gasteiger partial charge >= 0.3 is 0 Å². The number of likely N-dealkylation sites (tertiary alicyclic amines) is 1. The molecule has 0 saturated carbocycles. The van der Waals surface area contributed by atoms with E-state index in [4.69, 9.17) is 0 Å². The second-order valence-corrected chi connectivity index (χ2v) is 4.49. The van der Waals surface area contributed by atoms with Crippen LogP contribution in [0.15, 0.2) is 0 Å². The highest BCUT2D eigenvalue weighted by Gasteiger charge is 2.24. The van der Waals surface area contributed by atoms with Crippen molar-refractivity contribution in [3.63, 3.8) is 0 Å². The number of hydrogen-bond donors (Lipinski definition) is 1. The third-order valence-corrected chi connectivity index (χ3v) is 3.36. The largest absolute Gasteiger partial charge is 1.00 e. The van der Waals surface area contributed by atoms with E-state index in [2.05, 4.69) is 13.8 Å². The van der Waals surface area contributed by atoms with E-state index in [0.717, 1.165) is 6.04 Å². The standard InChI is InChI=1S/C12H25N.ClH/c1-3-5-8-12-9-6-7-11-13(12)10-4-2;/h12H,3-11H2,1-2H3;1H. The second kappa shape index (κ2) is 8.55. The summed E-state index contributed by atoms with van der Waals surface area (Å²) in [5, 5.41) is 0. The molecule has 1 fully saturated rings. The fourth-order valence-electron chi connectivity index (χ4n) is 2.60. The fourth-order valence-corrected chi connectivity index (χ4v) is 2.60. The zero-order chi connectivity index (χ0) is 9.52. The molecule has 1 aliphatic heterocycles. The summed E-state index contributed by atoms with van der Waals surface area (Å²) in [5.74, 6) is 0. The Hall–Kier alpha value is 0.250. The van der Waals surface area contributed by atoms with Crippen molar-refractivity contribution in [1.82, 2.24) is 0 Å². The zero-order valence-corrected chi connectivity index (χ0v) is 10.6. The summed E-state index contributed by atoms with van der Waals surface area (Å²) in [7, 11) is 0. The van der Waals surface area contributed by atoms with E-state index >= 15 is 0 Å². The summed E-state index contributed by atoms with van der Waals surface area (Å²) in [6, 6.07) is 1.01. The molecule has 0 aliphatic carbocycles. The Morgan fingerprint density at radius 1 is 1.14 bits per heavy atom. The molecule has 0 aromatic rings. The van der Waals surface area contributed by atoms with Gasteiger partial charge in [0, 0.05) is 0 Å². The minimum atomic E-state index is 0. The second-order valence-electron chi connectivity index (χ2n) is 4.49. The molecule has 2 heteroatoms. The molecule has 2 atom stereocenters. The Morgan fingerprint density at radius 3 is 2.57 bits per heavy atom. The van der Waals surface area contributed by atoms with E-state index in [9.17, 15) is 0 Å². The van der Waals surface area contributed by atoms with Crippen LogP contribution in [0.1, 0.15) is 58.8 Å². The van der Waals surface area contributed by atoms with Crippen molar-refractivity contribution < 1.29 is 17.3 Å². The normalized spacial score (nSPS) is 27.0. The van der Waals surface area contributed by atoms with Gasteiger partial charge in [-0.15, -0.1) is 0 Å². The summed E-state index contributed by atoms with van der Waals surface area (Å²) in [4.78, 5) is 1.90. The predicted molar refractivity (Wildman–Crippen MR) is 58.2 cm³/mol. The van der Waals surface area contributed by atoms with Crippen molar-refractivity contribution in [2.24, 2.45) is 0 Å². The molecule has 0 amide bonds. The first-order valence-electron chi connectivity index (χ1n) is 6.23. The molecule has 1 saturated heterocycles. The Kier molecular flexibility index (Phi) is 8.70. The van der Waals surface area contributed by atoms with E-state index in [-0.39, 0.29) is 12.4 Å². The molecule has 2 unspecified atom stereocenters. The molecule has 0 spiro atoms. The highest BCUT2D eigenvalue weighted by molar-refractivity contribution is 4.61. The maximum atomic E-state index is 2.32. The van der Waals surface area contributed by atoms with Crippen molar-refractivity contribution in [3.05, 3.63) is 0 Å². The summed E-state index contributed by atoms with van der Waals surface area (Å²) in [5.41, 5.74) is 0. The minimum absolute atomic E-state index is 0. The van der Waals surface area contributed by atoms with Gasteiger partial charge in [-0.1, -0.05) is 20.3 Å². The fraction of sp³-hybridized carbons (Fsp3) is 1.00. The monoisotopic (exact) mass is 219 g/mol. The first-order valence-corrected chi connectivity index (χ1v) is 6.23. The number of piperidine rings is 1. The van der Waals surface area contributed by atoms with Gasteiger partial charge in [-0.2, -0.15) is 0 Å². The van der Waals surface area contributed by atoms with E-state index in [0.29, 0.717) is 0 Å². The van der Waals surface area contributed by atoms with Crippen LogP contribution in [0.4, 0.5) is 0 Å². The summed E-state index contributed by atoms with van der Waals surface area (Å²) < 4.78 is 0. The lowest BCUT2D eigenvalue weighted by Crippen LogP contribution is -3.16. The zero-order valence-electron chi connectivity index (χ0n) is 9.82. The van der Waals surface area contributed by atoms with Gasteiger partial charge < -0.3 is 17.3 Å². The maximum absolute atomic E-state index is 2.32. The lowest BCUT2D eigenvalue weighted by atomic mass is 9.97. The van der Waals surface area contributed by atoms with Crippen LogP contribution in [0.25, 0.3) is 0 Å². The Labute approximate surface area is 95.7 Å². The number of hydrogen-bond acceptors (Lipinski definition) is 0. The quantitative estimate of drug-likeness (QED) is 0.607. The van der Waals surface area contributed by atoms with E-state index in [1.807, 2.05) is 4.90 Å². The van der Waals surface area contributed by atoms with E-state index in [1.165, 1.54) is 58.0 Å². The van der Waals surface area contributed by atoms with Crippen LogP contribution in [-0.2, 0) is 0 Å². The molecule has 1 nitrogen and oxygen atoms in total. The molecular formula is C12H26ClN. The molecular weight excluding hydrogens is 194 g/mol. The van der Waals surface area contributed by atoms with Crippen LogP contribution in [0.2, 0.25) is 0 Å². The number of unbranched alkanes of at least 4 members (excludes halogenated alkanes) is 1. The van der Waals surface area contributed by atoms with Crippen LogP contribution >= 0.6 is 0 Å². The van der Waals surface area contributed by atoms with Gasteiger partial charge in [-0.25, -0.2) is 0 Å².